The van der Waals surface area contributed by atoms with Crippen molar-refractivity contribution in [1.82, 2.24) is 15.3 Å². The monoisotopic (exact) mass is 223 g/mol. The minimum atomic E-state index is -0.440. The Morgan fingerprint density at radius 3 is 3.00 bits per heavy atom. The molecule has 2 rings (SSSR count). The first-order valence-corrected chi connectivity index (χ1v) is 5.43. The molecule has 0 amide bonds. The van der Waals surface area contributed by atoms with Gasteiger partial charge in [-0.2, -0.15) is 0 Å². The van der Waals surface area contributed by atoms with E-state index in [1.54, 1.807) is 6.33 Å². The molecule has 1 aliphatic rings. The Morgan fingerprint density at radius 2 is 2.31 bits per heavy atom. The van der Waals surface area contributed by atoms with Crippen LogP contribution in [0.15, 0.2) is 6.33 Å². The fourth-order valence-corrected chi connectivity index (χ4v) is 1.71. The van der Waals surface area contributed by atoms with Gasteiger partial charge in [0.1, 0.15) is 11.6 Å². The lowest BCUT2D eigenvalue weighted by Crippen LogP contribution is -2.45. The van der Waals surface area contributed by atoms with Gasteiger partial charge in [0.05, 0.1) is 17.7 Å². The van der Waals surface area contributed by atoms with Gasteiger partial charge in [-0.25, -0.2) is 4.98 Å². The number of rotatable bonds is 1. The third-order valence-corrected chi connectivity index (χ3v) is 2.42. The minimum absolute atomic E-state index is 0.207. The maximum absolute atomic E-state index is 11.8. The van der Waals surface area contributed by atoms with Gasteiger partial charge in [0.15, 0.2) is 0 Å². The van der Waals surface area contributed by atoms with E-state index in [2.05, 4.69) is 15.3 Å². The second-order valence-corrected chi connectivity index (χ2v) is 5.00. The number of aromatic amines is 1. The third-order valence-electron chi connectivity index (χ3n) is 2.42. The molecule has 5 heteroatoms. The van der Waals surface area contributed by atoms with E-state index in [9.17, 15) is 4.79 Å². The SMILES string of the molecule is CC(C)(C)OC(=O)[C@H]1Cc2nc[nH]c2CN1. The van der Waals surface area contributed by atoms with Crippen LogP contribution < -0.4 is 5.32 Å². The zero-order chi connectivity index (χ0) is 11.8. The van der Waals surface area contributed by atoms with Gasteiger partial charge in [0, 0.05) is 13.0 Å². The minimum Gasteiger partial charge on any atom is -0.459 e. The molecule has 0 aliphatic carbocycles. The van der Waals surface area contributed by atoms with Crippen LogP contribution in [0.4, 0.5) is 0 Å². The van der Waals surface area contributed by atoms with Crippen molar-refractivity contribution in [2.45, 2.75) is 45.4 Å². The molecule has 88 valence electrons. The summed E-state index contributed by atoms with van der Waals surface area (Å²) in [5.74, 6) is -0.207. The Balaban J connectivity index is 2.01. The summed E-state index contributed by atoms with van der Waals surface area (Å²) in [6, 6.07) is -0.282. The number of esters is 1. The second kappa shape index (κ2) is 3.90. The molecule has 0 aromatic carbocycles. The quantitative estimate of drug-likeness (QED) is 0.690. The number of carbonyl (C=O) groups is 1. The molecule has 0 saturated carbocycles. The van der Waals surface area contributed by atoms with E-state index >= 15 is 0 Å². The Hall–Kier alpha value is -1.36. The van der Waals surface area contributed by atoms with Crippen LogP contribution in [-0.4, -0.2) is 27.6 Å². The predicted molar refractivity (Wildman–Crippen MR) is 58.8 cm³/mol. The number of hydrogen-bond donors (Lipinski definition) is 2. The van der Waals surface area contributed by atoms with Gasteiger partial charge in [-0.15, -0.1) is 0 Å². The lowest BCUT2D eigenvalue weighted by Gasteiger charge is -2.26. The molecule has 0 spiro atoms. The normalized spacial score (nSPS) is 20.3. The predicted octanol–water partition coefficient (Wildman–Crippen LogP) is 0.766. The Morgan fingerprint density at radius 1 is 1.56 bits per heavy atom. The standard InChI is InChI=1S/C11H17N3O2/c1-11(2,3)16-10(15)8-4-7-9(5-12-8)14-6-13-7/h6,8,12H,4-5H2,1-3H3,(H,13,14)/t8-/m1/s1. The Bertz CT molecular complexity index is 392. The molecule has 1 atom stereocenters. The first-order valence-electron chi connectivity index (χ1n) is 5.43. The molecule has 1 aromatic heterocycles. The smallest absolute Gasteiger partial charge is 0.324 e. The van der Waals surface area contributed by atoms with E-state index in [4.69, 9.17) is 4.74 Å². The molecule has 16 heavy (non-hydrogen) atoms. The number of aromatic nitrogens is 2. The number of imidazole rings is 1. The van der Waals surface area contributed by atoms with Gasteiger partial charge >= 0.3 is 5.97 Å². The molecule has 0 saturated heterocycles. The van der Waals surface area contributed by atoms with E-state index < -0.39 is 5.60 Å². The average molecular weight is 223 g/mol. The van der Waals surface area contributed by atoms with Crippen molar-refractivity contribution >= 4 is 5.97 Å². The molecule has 2 N–H and O–H groups in total. The van der Waals surface area contributed by atoms with Crippen molar-refractivity contribution in [3.63, 3.8) is 0 Å². The molecule has 1 aliphatic heterocycles. The fourth-order valence-electron chi connectivity index (χ4n) is 1.71. The van der Waals surface area contributed by atoms with Crippen LogP contribution in [0, 0.1) is 0 Å². The van der Waals surface area contributed by atoms with Crippen LogP contribution in [0.2, 0.25) is 0 Å². The summed E-state index contributed by atoms with van der Waals surface area (Å²) < 4.78 is 5.33. The van der Waals surface area contributed by atoms with Crippen LogP contribution in [0.5, 0.6) is 0 Å². The first-order chi connectivity index (χ1) is 7.46. The molecule has 0 radical (unpaired) electrons. The average Bonchev–Trinajstić information content (AvgIpc) is 2.61. The molecular weight excluding hydrogens is 206 g/mol. The van der Waals surface area contributed by atoms with Crippen LogP contribution >= 0.6 is 0 Å². The number of ether oxygens (including phenoxy) is 1. The highest BCUT2D eigenvalue weighted by Crippen LogP contribution is 2.15. The van der Waals surface area contributed by atoms with Crippen LogP contribution in [0.25, 0.3) is 0 Å². The number of nitrogens with one attached hydrogen (secondary N) is 2. The van der Waals surface area contributed by atoms with Crippen molar-refractivity contribution in [2.24, 2.45) is 0 Å². The maximum atomic E-state index is 11.8. The summed E-state index contributed by atoms with van der Waals surface area (Å²) in [7, 11) is 0. The van der Waals surface area contributed by atoms with E-state index in [1.807, 2.05) is 20.8 Å². The largest absolute Gasteiger partial charge is 0.459 e. The number of nitrogens with zero attached hydrogens (tertiary/aromatic N) is 1. The summed E-state index contributed by atoms with van der Waals surface area (Å²) in [5, 5.41) is 3.14. The molecule has 1 aromatic rings. The van der Waals surface area contributed by atoms with Crippen molar-refractivity contribution in [2.75, 3.05) is 0 Å². The first kappa shape index (κ1) is 11.1. The molecule has 0 fully saturated rings. The molecule has 2 heterocycles. The summed E-state index contributed by atoms with van der Waals surface area (Å²) >= 11 is 0. The number of fused-ring (bicyclic) bond motifs is 1. The lowest BCUT2D eigenvalue weighted by atomic mass is 10.1. The van der Waals surface area contributed by atoms with Crippen molar-refractivity contribution < 1.29 is 9.53 Å². The third kappa shape index (κ3) is 2.41. The highest BCUT2D eigenvalue weighted by Gasteiger charge is 2.29. The van der Waals surface area contributed by atoms with Crippen LogP contribution in [0.1, 0.15) is 32.2 Å². The summed E-state index contributed by atoms with van der Waals surface area (Å²) in [4.78, 5) is 19.0. The van der Waals surface area contributed by atoms with Gasteiger partial charge in [-0.05, 0) is 20.8 Å². The fraction of sp³-hybridized carbons (Fsp3) is 0.636. The summed E-state index contributed by atoms with van der Waals surface area (Å²) in [6.07, 6.45) is 2.25. The van der Waals surface area contributed by atoms with Gasteiger partial charge < -0.3 is 9.72 Å². The van der Waals surface area contributed by atoms with Gasteiger partial charge in [-0.1, -0.05) is 0 Å². The van der Waals surface area contributed by atoms with E-state index in [-0.39, 0.29) is 12.0 Å². The Kier molecular flexibility index (Phi) is 2.71. The molecule has 0 unspecified atom stereocenters. The second-order valence-electron chi connectivity index (χ2n) is 5.00. The van der Waals surface area contributed by atoms with E-state index in [0.717, 1.165) is 11.4 Å². The van der Waals surface area contributed by atoms with Gasteiger partial charge in [0.25, 0.3) is 0 Å². The van der Waals surface area contributed by atoms with Gasteiger partial charge in [-0.3, -0.25) is 10.1 Å². The number of H-pyrrole nitrogens is 1. The number of hydrogen-bond acceptors (Lipinski definition) is 4. The van der Waals surface area contributed by atoms with Crippen molar-refractivity contribution in [3.8, 4) is 0 Å². The van der Waals surface area contributed by atoms with Crippen molar-refractivity contribution in [3.05, 3.63) is 17.7 Å². The van der Waals surface area contributed by atoms with Crippen molar-refractivity contribution in [1.29, 1.82) is 0 Å². The maximum Gasteiger partial charge on any atom is 0.324 e. The van der Waals surface area contributed by atoms with E-state index in [0.29, 0.717) is 13.0 Å². The van der Waals surface area contributed by atoms with E-state index in [1.165, 1.54) is 0 Å². The molecular formula is C11H17N3O2. The van der Waals surface area contributed by atoms with Gasteiger partial charge in [0.2, 0.25) is 0 Å². The zero-order valence-corrected chi connectivity index (χ0v) is 9.83. The molecule has 0 bridgehead atoms. The topological polar surface area (TPSA) is 67.0 Å². The highest BCUT2D eigenvalue weighted by atomic mass is 16.6. The summed E-state index contributed by atoms with van der Waals surface area (Å²) in [5.41, 5.74) is 1.57. The Labute approximate surface area is 94.6 Å². The summed E-state index contributed by atoms with van der Waals surface area (Å²) in [6.45, 7) is 6.24. The zero-order valence-electron chi connectivity index (χ0n) is 9.83. The molecule has 5 nitrogen and oxygen atoms in total. The number of carbonyl (C=O) groups excluding carboxylic acids is 1. The van der Waals surface area contributed by atoms with Crippen LogP contribution in [0.3, 0.4) is 0 Å². The van der Waals surface area contributed by atoms with Crippen LogP contribution in [-0.2, 0) is 22.5 Å². The lowest BCUT2D eigenvalue weighted by molar-refractivity contribution is -0.157. The highest BCUT2D eigenvalue weighted by molar-refractivity contribution is 5.76.